The number of nitrogens with one attached hydrogen (secondary N) is 1. The standard InChI is InChI=1S/C20H27N3O5/c1-14-9-16(28-22-14)10-23-6-4-20(5-7-23)13-19(2,17(24)12-27-20)21-18(25)15-3-8-26-11-15/h3,8-9,11,17,24H,4-7,10,12-13H2,1-2H3,(H,21,25)/t17-,19-/m1/s1. The number of piperidine rings is 1. The summed E-state index contributed by atoms with van der Waals surface area (Å²) in [6.45, 7) is 6.47. The molecule has 4 rings (SSSR count). The van der Waals surface area contributed by atoms with Gasteiger partial charge in [0.2, 0.25) is 0 Å². The van der Waals surface area contributed by atoms with Crippen molar-refractivity contribution in [3.63, 3.8) is 0 Å². The summed E-state index contributed by atoms with van der Waals surface area (Å²) in [6, 6.07) is 3.57. The summed E-state index contributed by atoms with van der Waals surface area (Å²) in [5.41, 5.74) is 0.241. The van der Waals surface area contributed by atoms with Gasteiger partial charge >= 0.3 is 0 Å². The second-order valence-corrected chi connectivity index (χ2v) is 8.28. The number of amides is 1. The molecule has 1 amide bonds. The maximum absolute atomic E-state index is 12.5. The molecule has 2 N–H and O–H groups in total. The molecule has 2 atom stereocenters. The second kappa shape index (κ2) is 7.35. The van der Waals surface area contributed by atoms with E-state index in [1.54, 1.807) is 6.07 Å². The predicted octanol–water partition coefficient (Wildman–Crippen LogP) is 1.88. The molecular weight excluding hydrogens is 362 g/mol. The third-order valence-corrected chi connectivity index (χ3v) is 5.98. The van der Waals surface area contributed by atoms with Gasteiger partial charge in [0.1, 0.15) is 12.4 Å². The van der Waals surface area contributed by atoms with E-state index in [4.69, 9.17) is 13.7 Å². The molecule has 8 nitrogen and oxygen atoms in total. The summed E-state index contributed by atoms with van der Waals surface area (Å²) in [5, 5.41) is 17.5. The third-order valence-electron chi connectivity index (χ3n) is 5.98. The zero-order valence-electron chi connectivity index (χ0n) is 16.3. The molecule has 2 aromatic rings. The highest BCUT2D eigenvalue weighted by molar-refractivity contribution is 5.94. The van der Waals surface area contributed by atoms with Crippen LogP contribution in [-0.2, 0) is 11.3 Å². The Morgan fingerprint density at radius 2 is 2.21 bits per heavy atom. The van der Waals surface area contributed by atoms with Gasteiger partial charge in [0.25, 0.3) is 5.91 Å². The lowest BCUT2D eigenvalue weighted by Crippen LogP contribution is -2.65. The number of furan rings is 1. The minimum Gasteiger partial charge on any atom is -0.472 e. The molecule has 1 spiro atoms. The van der Waals surface area contributed by atoms with Crippen LogP contribution in [0.2, 0.25) is 0 Å². The molecule has 2 fully saturated rings. The summed E-state index contributed by atoms with van der Waals surface area (Å²) in [5.74, 6) is 0.621. The van der Waals surface area contributed by atoms with E-state index in [2.05, 4.69) is 15.4 Å². The molecule has 2 saturated heterocycles. The van der Waals surface area contributed by atoms with Gasteiger partial charge in [-0.2, -0.15) is 0 Å². The number of nitrogens with zero attached hydrogens (tertiary/aromatic N) is 2. The Hall–Kier alpha value is -2.16. The fourth-order valence-electron chi connectivity index (χ4n) is 4.28. The second-order valence-electron chi connectivity index (χ2n) is 8.28. The van der Waals surface area contributed by atoms with Crippen LogP contribution in [0.1, 0.15) is 48.0 Å². The molecule has 2 aromatic heterocycles. The van der Waals surface area contributed by atoms with Crippen molar-refractivity contribution in [3.05, 3.63) is 41.7 Å². The van der Waals surface area contributed by atoms with E-state index in [0.717, 1.165) is 43.9 Å². The van der Waals surface area contributed by atoms with Crippen molar-refractivity contribution in [2.45, 2.75) is 56.9 Å². The summed E-state index contributed by atoms with van der Waals surface area (Å²) in [6.07, 6.45) is 4.35. The van der Waals surface area contributed by atoms with E-state index >= 15 is 0 Å². The number of hydrogen-bond acceptors (Lipinski definition) is 7. The van der Waals surface area contributed by atoms with E-state index in [1.807, 2.05) is 19.9 Å². The predicted molar refractivity (Wildman–Crippen MR) is 99.6 cm³/mol. The minimum absolute atomic E-state index is 0.212. The molecule has 0 aromatic carbocycles. The molecule has 2 aliphatic heterocycles. The Balaban J connectivity index is 1.39. The number of aliphatic hydroxyl groups is 1. The van der Waals surface area contributed by atoms with Crippen LogP contribution in [-0.4, -0.2) is 58.0 Å². The van der Waals surface area contributed by atoms with Crippen molar-refractivity contribution < 1.29 is 23.6 Å². The fraction of sp³-hybridized carbons (Fsp3) is 0.600. The number of carbonyl (C=O) groups is 1. The van der Waals surface area contributed by atoms with Crippen LogP contribution in [0.15, 0.2) is 33.6 Å². The van der Waals surface area contributed by atoms with Gasteiger partial charge in [-0.3, -0.25) is 9.69 Å². The Bertz CT molecular complexity index is 810. The van der Waals surface area contributed by atoms with Crippen LogP contribution in [0, 0.1) is 6.92 Å². The molecular formula is C20H27N3O5. The summed E-state index contributed by atoms with van der Waals surface area (Å²) in [4.78, 5) is 14.8. The smallest absolute Gasteiger partial charge is 0.255 e. The minimum atomic E-state index is -0.760. The van der Waals surface area contributed by atoms with Crippen LogP contribution in [0.5, 0.6) is 0 Å². The summed E-state index contributed by atoms with van der Waals surface area (Å²) in [7, 11) is 0. The zero-order valence-corrected chi connectivity index (χ0v) is 16.3. The highest BCUT2D eigenvalue weighted by Gasteiger charge is 2.50. The Labute approximate surface area is 163 Å². The Kier molecular flexibility index (Phi) is 5.03. The highest BCUT2D eigenvalue weighted by Crippen LogP contribution is 2.40. The maximum atomic E-state index is 12.5. The lowest BCUT2D eigenvalue weighted by Gasteiger charge is -2.51. The van der Waals surface area contributed by atoms with Gasteiger partial charge in [-0.25, -0.2) is 0 Å². The number of ether oxygens (including phenoxy) is 1. The van der Waals surface area contributed by atoms with Crippen molar-refractivity contribution in [2.75, 3.05) is 19.7 Å². The first-order valence-electron chi connectivity index (χ1n) is 9.69. The number of likely N-dealkylation sites (tertiary alicyclic amines) is 1. The normalized spacial score (nSPS) is 27.8. The van der Waals surface area contributed by atoms with E-state index in [9.17, 15) is 9.90 Å². The SMILES string of the molecule is Cc1cc(CN2CCC3(CC2)C[C@@](C)(NC(=O)c2ccoc2)[C@H](O)CO3)on1. The quantitative estimate of drug-likeness (QED) is 0.823. The Morgan fingerprint density at radius 1 is 1.43 bits per heavy atom. The highest BCUT2D eigenvalue weighted by atomic mass is 16.5. The first-order valence-corrected chi connectivity index (χ1v) is 9.69. The van der Waals surface area contributed by atoms with Crippen molar-refractivity contribution in [1.29, 1.82) is 0 Å². The van der Waals surface area contributed by atoms with Gasteiger partial charge in [-0.1, -0.05) is 5.16 Å². The topological polar surface area (TPSA) is 101 Å². The van der Waals surface area contributed by atoms with Gasteiger partial charge in [0.05, 0.1) is 41.8 Å². The van der Waals surface area contributed by atoms with Crippen molar-refractivity contribution in [2.24, 2.45) is 0 Å². The van der Waals surface area contributed by atoms with Crippen molar-refractivity contribution >= 4 is 5.91 Å². The molecule has 4 heterocycles. The fourth-order valence-corrected chi connectivity index (χ4v) is 4.28. The molecule has 0 bridgehead atoms. The molecule has 2 aliphatic rings. The molecule has 0 saturated carbocycles. The number of rotatable bonds is 4. The van der Waals surface area contributed by atoms with Gasteiger partial charge < -0.3 is 24.1 Å². The Morgan fingerprint density at radius 3 is 2.86 bits per heavy atom. The van der Waals surface area contributed by atoms with Gasteiger partial charge in [0.15, 0.2) is 5.76 Å². The third kappa shape index (κ3) is 3.85. The zero-order chi connectivity index (χ0) is 19.8. The molecule has 0 aliphatic carbocycles. The first-order chi connectivity index (χ1) is 13.4. The average Bonchev–Trinajstić information content (AvgIpc) is 3.33. The van der Waals surface area contributed by atoms with Crippen LogP contribution < -0.4 is 5.32 Å². The molecule has 28 heavy (non-hydrogen) atoms. The average molecular weight is 389 g/mol. The first kappa shape index (κ1) is 19.2. The number of aromatic nitrogens is 1. The summed E-state index contributed by atoms with van der Waals surface area (Å²) < 4.78 is 16.4. The van der Waals surface area contributed by atoms with Crippen LogP contribution in [0.25, 0.3) is 0 Å². The molecule has 8 heteroatoms. The van der Waals surface area contributed by atoms with Crippen molar-refractivity contribution in [3.8, 4) is 0 Å². The van der Waals surface area contributed by atoms with Crippen LogP contribution in [0.4, 0.5) is 0 Å². The van der Waals surface area contributed by atoms with Gasteiger partial charge in [0, 0.05) is 25.6 Å². The van der Waals surface area contributed by atoms with E-state index in [0.29, 0.717) is 12.0 Å². The number of aryl methyl sites for hydroxylation is 1. The lowest BCUT2D eigenvalue weighted by molar-refractivity contribution is -0.178. The van der Waals surface area contributed by atoms with Crippen molar-refractivity contribution in [1.82, 2.24) is 15.4 Å². The summed E-state index contributed by atoms with van der Waals surface area (Å²) >= 11 is 0. The van der Waals surface area contributed by atoms with E-state index in [-0.39, 0.29) is 18.1 Å². The number of carbonyl (C=O) groups excluding carboxylic acids is 1. The van der Waals surface area contributed by atoms with Crippen LogP contribution in [0.3, 0.4) is 0 Å². The van der Waals surface area contributed by atoms with E-state index in [1.165, 1.54) is 12.5 Å². The van der Waals surface area contributed by atoms with E-state index < -0.39 is 11.6 Å². The van der Waals surface area contributed by atoms with Gasteiger partial charge in [-0.05, 0) is 32.8 Å². The molecule has 0 radical (unpaired) electrons. The largest absolute Gasteiger partial charge is 0.472 e. The van der Waals surface area contributed by atoms with Gasteiger partial charge in [-0.15, -0.1) is 0 Å². The number of aliphatic hydroxyl groups excluding tert-OH is 1. The molecule has 0 unspecified atom stereocenters. The number of hydrogen-bond donors (Lipinski definition) is 2. The monoisotopic (exact) mass is 389 g/mol. The van der Waals surface area contributed by atoms with Crippen LogP contribution >= 0.6 is 0 Å². The maximum Gasteiger partial charge on any atom is 0.255 e. The molecule has 152 valence electrons. The lowest BCUT2D eigenvalue weighted by atomic mass is 9.74.